The molecule has 0 aliphatic heterocycles. The highest BCUT2D eigenvalue weighted by atomic mass is 35.5. The molecule has 0 spiro atoms. The van der Waals surface area contributed by atoms with Crippen molar-refractivity contribution in [1.29, 1.82) is 5.41 Å². The van der Waals surface area contributed by atoms with E-state index in [4.69, 9.17) is 22.7 Å². The van der Waals surface area contributed by atoms with Crippen LogP contribution >= 0.6 is 11.6 Å². The standard InChI is InChI=1S/C11H8ClN5O/c12-7-1-2-8-6(5-7)3-4-17(8)11(14)9-10(13)16-18-15-9/h1-5,14H,(H2,13,16). The van der Waals surface area contributed by atoms with Gasteiger partial charge in [0, 0.05) is 16.6 Å². The fourth-order valence-electron chi connectivity index (χ4n) is 1.78. The number of hydrogen-bond acceptors (Lipinski definition) is 5. The van der Waals surface area contributed by atoms with E-state index in [1.807, 2.05) is 18.2 Å². The predicted octanol–water partition coefficient (Wildman–Crippen LogP) is 2.13. The van der Waals surface area contributed by atoms with Gasteiger partial charge in [-0.1, -0.05) is 11.6 Å². The first-order valence-electron chi connectivity index (χ1n) is 5.11. The van der Waals surface area contributed by atoms with Gasteiger partial charge in [0.25, 0.3) is 0 Å². The summed E-state index contributed by atoms with van der Waals surface area (Å²) in [5.41, 5.74) is 6.62. The molecule has 0 saturated heterocycles. The molecule has 0 fully saturated rings. The summed E-state index contributed by atoms with van der Waals surface area (Å²) >= 11 is 5.91. The predicted molar refractivity (Wildman–Crippen MR) is 67.9 cm³/mol. The number of hydrogen-bond donors (Lipinski definition) is 2. The zero-order chi connectivity index (χ0) is 12.7. The smallest absolute Gasteiger partial charge is 0.199 e. The second kappa shape index (κ2) is 3.85. The summed E-state index contributed by atoms with van der Waals surface area (Å²) in [4.78, 5) is 0. The molecule has 0 aliphatic rings. The number of nitrogens with two attached hydrogens (primary N) is 1. The molecule has 0 bridgehead atoms. The van der Waals surface area contributed by atoms with Crippen LogP contribution in [0.25, 0.3) is 10.9 Å². The molecule has 2 heterocycles. The first kappa shape index (κ1) is 10.8. The summed E-state index contributed by atoms with van der Waals surface area (Å²) in [6.45, 7) is 0. The fraction of sp³-hybridized carbons (Fsp3) is 0. The minimum atomic E-state index is 0.0933. The van der Waals surface area contributed by atoms with E-state index in [1.54, 1.807) is 16.8 Å². The Morgan fingerprint density at radius 3 is 2.89 bits per heavy atom. The molecule has 90 valence electrons. The van der Waals surface area contributed by atoms with Crippen LogP contribution in [-0.4, -0.2) is 20.7 Å². The summed E-state index contributed by atoms with van der Waals surface area (Å²) < 4.78 is 6.14. The Hall–Kier alpha value is -2.34. The molecule has 0 unspecified atom stereocenters. The van der Waals surface area contributed by atoms with Crippen molar-refractivity contribution >= 4 is 34.2 Å². The number of benzene rings is 1. The van der Waals surface area contributed by atoms with Crippen LogP contribution in [0.15, 0.2) is 35.1 Å². The highest BCUT2D eigenvalue weighted by molar-refractivity contribution is 6.31. The number of fused-ring (bicyclic) bond motifs is 1. The van der Waals surface area contributed by atoms with Crippen molar-refractivity contribution in [1.82, 2.24) is 14.9 Å². The molecule has 6 nitrogen and oxygen atoms in total. The van der Waals surface area contributed by atoms with E-state index in [1.165, 1.54) is 0 Å². The van der Waals surface area contributed by atoms with Crippen molar-refractivity contribution in [2.45, 2.75) is 0 Å². The lowest BCUT2D eigenvalue weighted by atomic mass is 10.2. The second-order valence-corrected chi connectivity index (χ2v) is 4.17. The van der Waals surface area contributed by atoms with E-state index in [-0.39, 0.29) is 17.3 Å². The number of anilines is 1. The lowest BCUT2D eigenvalue weighted by Crippen LogP contribution is -2.13. The van der Waals surface area contributed by atoms with Crippen LogP contribution < -0.4 is 5.73 Å². The third kappa shape index (κ3) is 1.54. The zero-order valence-electron chi connectivity index (χ0n) is 9.09. The van der Waals surface area contributed by atoms with Gasteiger partial charge in [0.15, 0.2) is 17.3 Å². The van der Waals surface area contributed by atoms with Gasteiger partial charge in [-0.15, -0.1) is 0 Å². The van der Waals surface area contributed by atoms with Gasteiger partial charge in [0.05, 0.1) is 5.52 Å². The van der Waals surface area contributed by atoms with Crippen LogP contribution in [0, 0.1) is 5.41 Å². The maximum Gasteiger partial charge on any atom is 0.199 e. The molecule has 3 N–H and O–H groups in total. The minimum Gasteiger partial charge on any atom is -0.379 e. The van der Waals surface area contributed by atoms with Crippen LogP contribution in [0.2, 0.25) is 5.02 Å². The van der Waals surface area contributed by atoms with Crippen molar-refractivity contribution in [3.8, 4) is 0 Å². The van der Waals surface area contributed by atoms with Gasteiger partial charge in [0.2, 0.25) is 0 Å². The molecule has 0 aliphatic carbocycles. The molecule has 3 rings (SSSR count). The Balaban J connectivity index is 2.16. The maximum absolute atomic E-state index is 8.07. The van der Waals surface area contributed by atoms with E-state index in [0.717, 1.165) is 10.9 Å². The first-order chi connectivity index (χ1) is 8.66. The molecular formula is C11H8ClN5O. The summed E-state index contributed by atoms with van der Waals surface area (Å²) in [6, 6.07) is 7.28. The molecule has 3 aromatic rings. The Bertz CT molecular complexity index is 745. The van der Waals surface area contributed by atoms with Crippen molar-refractivity contribution in [2.24, 2.45) is 0 Å². The van der Waals surface area contributed by atoms with Gasteiger partial charge in [-0.2, -0.15) is 0 Å². The van der Waals surface area contributed by atoms with Crippen molar-refractivity contribution < 1.29 is 4.63 Å². The molecule has 18 heavy (non-hydrogen) atoms. The second-order valence-electron chi connectivity index (χ2n) is 3.74. The highest BCUT2D eigenvalue weighted by Crippen LogP contribution is 2.21. The molecule has 2 aromatic heterocycles. The van der Waals surface area contributed by atoms with Crippen molar-refractivity contribution in [2.75, 3.05) is 5.73 Å². The van der Waals surface area contributed by atoms with E-state index in [0.29, 0.717) is 5.02 Å². The van der Waals surface area contributed by atoms with Gasteiger partial charge in [-0.3, -0.25) is 9.98 Å². The molecule has 0 amide bonds. The van der Waals surface area contributed by atoms with Crippen molar-refractivity contribution in [3.63, 3.8) is 0 Å². The van der Waals surface area contributed by atoms with E-state index < -0.39 is 0 Å². The topological polar surface area (TPSA) is 93.7 Å². The van der Waals surface area contributed by atoms with Crippen LogP contribution in [-0.2, 0) is 0 Å². The van der Waals surface area contributed by atoms with Crippen LogP contribution in [0.3, 0.4) is 0 Å². The number of aromatic nitrogens is 3. The maximum atomic E-state index is 8.07. The quantitative estimate of drug-likeness (QED) is 0.518. The third-order valence-corrected chi connectivity index (χ3v) is 2.87. The molecule has 0 atom stereocenters. The molecule has 0 radical (unpaired) electrons. The molecular weight excluding hydrogens is 254 g/mol. The third-order valence-electron chi connectivity index (χ3n) is 2.63. The number of nitrogens with one attached hydrogen (secondary N) is 1. The monoisotopic (exact) mass is 261 g/mol. The normalized spacial score (nSPS) is 10.9. The van der Waals surface area contributed by atoms with E-state index in [9.17, 15) is 0 Å². The minimum absolute atomic E-state index is 0.0933. The van der Waals surface area contributed by atoms with Crippen LogP contribution in [0.5, 0.6) is 0 Å². The van der Waals surface area contributed by atoms with E-state index >= 15 is 0 Å². The number of nitrogen functional groups attached to an aromatic ring is 1. The summed E-state index contributed by atoms with van der Waals surface area (Å²) in [7, 11) is 0. The highest BCUT2D eigenvalue weighted by Gasteiger charge is 2.15. The van der Waals surface area contributed by atoms with Gasteiger partial charge < -0.3 is 5.73 Å². The fourth-order valence-corrected chi connectivity index (χ4v) is 1.96. The lowest BCUT2D eigenvalue weighted by molar-refractivity contribution is 0.308. The van der Waals surface area contributed by atoms with Crippen LogP contribution in [0.1, 0.15) is 5.69 Å². The Morgan fingerprint density at radius 1 is 1.33 bits per heavy atom. The Labute approximate surface area is 106 Å². The summed E-state index contributed by atoms with van der Waals surface area (Å²) in [6.07, 6.45) is 1.75. The molecule has 7 heteroatoms. The average molecular weight is 262 g/mol. The first-order valence-corrected chi connectivity index (χ1v) is 5.48. The summed E-state index contributed by atoms with van der Waals surface area (Å²) in [5.74, 6) is 0.196. The van der Waals surface area contributed by atoms with Crippen molar-refractivity contribution in [3.05, 3.63) is 41.2 Å². The molecule has 0 saturated carbocycles. The van der Waals surface area contributed by atoms with Gasteiger partial charge in [-0.05, 0) is 34.6 Å². The Kier molecular flexibility index (Phi) is 2.31. The summed E-state index contributed by atoms with van der Waals surface area (Å²) in [5, 5.41) is 16.7. The van der Waals surface area contributed by atoms with E-state index in [2.05, 4.69) is 14.9 Å². The molecule has 1 aromatic carbocycles. The van der Waals surface area contributed by atoms with Gasteiger partial charge in [-0.25, -0.2) is 4.63 Å². The number of nitrogens with zero attached hydrogens (tertiary/aromatic N) is 3. The largest absolute Gasteiger partial charge is 0.379 e. The number of rotatable bonds is 1. The Morgan fingerprint density at radius 2 is 2.17 bits per heavy atom. The average Bonchev–Trinajstić information content (AvgIpc) is 2.94. The van der Waals surface area contributed by atoms with Crippen LogP contribution in [0.4, 0.5) is 5.82 Å². The number of halogens is 1. The zero-order valence-corrected chi connectivity index (χ0v) is 9.85. The lowest BCUT2D eigenvalue weighted by Gasteiger charge is -2.04. The van der Waals surface area contributed by atoms with Gasteiger partial charge >= 0.3 is 0 Å². The van der Waals surface area contributed by atoms with Gasteiger partial charge in [0.1, 0.15) is 0 Å². The SMILES string of the molecule is N=C(c1nonc1N)n1ccc2cc(Cl)ccc21.